The van der Waals surface area contributed by atoms with Gasteiger partial charge in [-0.3, -0.25) is 9.59 Å². The van der Waals surface area contributed by atoms with Crippen LogP contribution in [0.15, 0.2) is 24.3 Å². The first kappa shape index (κ1) is 96.3. The Bertz CT molecular complexity index is 1550. The lowest BCUT2D eigenvalue weighted by Gasteiger charge is -2.22. The van der Waals surface area contributed by atoms with Crippen molar-refractivity contribution in [2.75, 3.05) is 13.2 Å². The zero-order chi connectivity index (χ0) is 70.5. The van der Waals surface area contributed by atoms with Gasteiger partial charge >= 0.3 is 5.97 Å². The molecule has 0 fully saturated rings. The standard InChI is InChI=1S/C92H179NO5/c1-3-5-7-9-11-13-15-17-19-21-23-24-25-39-42-45-49-52-56-60-64-68-72-76-80-84-90(95)89(88-94)93-91(96)85-81-77-73-69-65-61-57-53-50-46-43-40-37-35-33-31-29-27-26-28-30-32-34-36-38-41-44-47-51-55-59-63-67-71-75-79-83-87-98-92(97)86-82-78-74-70-66-62-58-54-48-22-20-18-16-14-12-10-8-6-4-2/h18,20,26,28,89-90,94-95H,3-17,19,21-25,27,29-88H2,1-2H3,(H,93,96)/b20-18-,28-26-. The van der Waals surface area contributed by atoms with Crippen molar-refractivity contribution in [1.82, 2.24) is 5.32 Å². The lowest BCUT2D eigenvalue weighted by atomic mass is 10.0. The van der Waals surface area contributed by atoms with Gasteiger partial charge in [-0.2, -0.15) is 0 Å². The van der Waals surface area contributed by atoms with E-state index in [0.29, 0.717) is 25.9 Å². The van der Waals surface area contributed by atoms with Crippen LogP contribution in [0.5, 0.6) is 0 Å². The maximum atomic E-state index is 12.6. The van der Waals surface area contributed by atoms with Crippen LogP contribution in [-0.4, -0.2) is 47.4 Å². The second-order valence-corrected chi connectivity index (χ2v) is 31.6. The second kappa shape index (κ2) is 87.7. The number of carbonyl (C=O) groups is 2. The molecular weight excluding hydrogens is 1200 g/mol. The largest absolute Gasteiger partial charge is 0.466 e. The molecule has 582 valence electrons. The summed E-state index contributed by atoms with van der Waals surface area (Å²) in [7, 11) is 0. The molecule has 0 aliphatic rings. The van der Waals surface area contributed by atoms with Gasteiger partial charge in [-0.15, -0.1) is 0 Å². The predicted octanol–water partition coefficient (Wildman–Crippen LogP) is 30.7. The Morgan fingerprint density at radius 3 is 0.724 bits per heavy atom. The highest BCUT2D eigenvalue weighted by Gasteiger charge is 2.20. The highest BCUT2D eigenvalue weighted by Crippen LogP contribution is 2.21. The number of allylic oxidation sites excluding steroid dienone is 4. The van der Waals surface area contributed by atoms with Crippen molar-refractivity contribution >= 4 is 11.9 Å². The van der Waals surface area contributed by atoms with E-state index in [9.17, 15) is 19.8 Å². The van der Waals surface area contributed by atoms with Crippen molar-refractivity contribution in [1.29, 1.82) is 0 Å². The van der Waals surface area contributed by atoms with Crippen LogP contribution in [0.3, 0.4) is 0 Å². The molecule has 0 aromatic heterocycles. The van der Waals surface area contributed by atoms with Crippen LogP contribution in [0.25, 0.3) is 0 Å². The molecule has 6 heteroatoms. The van der Waals surface area contributed by atoms with Gasteiger partial charge in [0.15, 0.2) is 0 Å². The number of carbonyl (C=O) groups excluding carboxylic acids is 2. The normalized spacial score (nSPS) is 12.5. The summed E-state index contributed by atoms with van der Waals surface area (Å²) in [6.07, 6.45) is 115. The number of esters is 1. The van der Waals surface area contributed by atoms with Crippen LogP contribution in [0, 0.1) is 0 Å². The van der Waals surface area contributed by atoms with Crippen LogP contribution in [-0.2, 0) is 14.3 Å². The zero-order valence-electron chi connectivity index (χ0n) is 67.1. The van der Waals surface area contributed by atoms with Gasteiger partial charge in [0.05, 0.1) is 25.4 Å². The van der Waals surface area contributed by atoms with Crippen molar-refractivity contribution in [3.05, 3.63) is 24.3 Å². The van der Waals surface area contributed by atoms with E-state index >= 15 is 0 Å². The third-order valence-corrected chi connectivity index (χ3v) is 21.7. The van der Waals surface area contributed by atoms with E-state index in [1.54, 1.807) is 0 Å². The van der Waals surface area contributed by atoms with Crippen molar-refractivity contribution < 1.29 is 24.5 Å². The molecule has 0 saturated carbocycles. The highest BCUT2D eigenvalue weighted by molar-refractivity contribution is 5.76. The first-order valence-electron chi connectivity index (χ1n) is 45.6. The number of rotatable bonds is 87. The van der Waals surface area contributed by atoms with Crippen LogP contribution in [0.2, 0.25) is 0 Å². The van der Waals surface area contributed by atoms with E-state index < -0.39 is 12.1 Å². The molecule has 0 radical (unpaired) electrons. The fraction of sp³-hybridized carbons (Fsp3) is 0.935. The van der Waals surface area contributed by atoms with Gasteiger partial charge in [-0.05, 0) is 77.0 Å². The van der Waals surface area contributed by atoms with Crippen molar-refractivity contribution in [2.45, 2.75) is 540 Å². The number of hydrogen-bond donors (Lipinski definition) is 3. The second-order valence-electron chi connectivity index (χ2n) is 31.6. The van der Waals surface area contributed by atoms with E-state index in [0.717, 1.165) is 38.5 Å². The molecule has 0 rings (SSSR count). The first-order valence-corrected chi connectivity index (χ1v) is 45.6. The number of aliphatic hydroxyl groups is 2. The molecular formula is C92H179NO5. The summed E-state index contributed by atoms with van der Waals surface area (Å²) < 4.78 is 5.52. The number of ether oxygens (including phenoxy) is 1. The summed E-state index contributed by atoms with van der Waals surface area (Å²) in [5, 5.41) is 23.5. The smallest absolute Gasteiger partial charge is 0.305 e. The summed E-state index contributed by atoms with van der Waals surface area (Å²) in [4.78, 5) is 24.7. The van der Waals surface area contributed by atoms with E-state index in [2.05, 4.69) is 43.5 Å². The highest BCUT2D eigenvalue weighted by atomic mass is 16.5. The minimum Gasteiger partial charge on any atom is -0.466 e. The maximum absolute atomic E-state index is 12.6. The Kier molecular flexibility index (Phi) is 86.3. The molecule has 0 spiro atoms. The van der Waals surface area contributed by atoms with Crippen molar-refractivity contribution in [2.24, 2.45) is 0 Å². The molecule has 0 aliphatic heterocycles. The molecule has 0 aromatic rings. The first-order chi connectivity index (χ1) is 48.5. The number of aliphatic hydroxyl groups excluding tert-OH is 2. The van der Waals surface area contributed by atoms with Gasteiger partial charge in [-0.1, -0.05) is 462 Å². The van der Waals surface area contributed by atoms with E-state index in [-0.39, 0.29) is 18.5 Å². The van der Waals surface area contributed by atoms with E-state index in [1.807, 2.05) is 0 Å². The third-order valence-electron chi connectivity index (χ3n) is 21.7. The number of amides is 1. The van der Waals surface area contributed by atoms with Crippen LogP contribution in [0.1, 0.15) is 528 Å². The molecule has 0 heterocycles. The molecule has 0 aromatic carbocycles. The van der Waals surface area contributed by atoms with Crippen LogP contribution >= 0.6 is 0 Å². The predicted molar refractivity (Wildman–Crippen MR) is 435 cm³/mol. The Morgan fingerprint density at radius 2 is 0.480 bits per heavy atom. The number of nitrogens with one attached hydrogen (secondary N) is 1. The monoisotopic (exact) mass is 1380 g/mol. The Labute approximate surface area is 615 Å². The molecule has 2 atom stereocenters. The summed E-state index contributed by atoms with van der Waals surface area (Å²) in [6.45, 7) is 5.02. The molecule has 6 nitrogen and oxygen atoms in total. The van der Waals surface area contributed by atoms with E-state index in [1.165, 1.54) is 456 Å². The summed E-state index contributed by atoms with van der Waals surface area (Å²) in [5.74, 6) is -0.00180. The van der Waals surface area contributed by atoms with Crippen LogP contribution in [0.4, 0.5) is 0 Å². The average Bonchev–Trinajstić information content (AvgIpc) is 1.77. The summed E-state index contributed by atoms with van der Waals surface area (Å²) in [5.41, 5.74) is 0. The maximum Gasteiger partial charge on any atom is 0.305 e. The number of unbranched alkanes of at least 4 members (excludes halogenated alkanes) is 72. The average molecular weight is 1380 g/mol. The molecule has 0 saturated heterocycles. The van der Waals surface area contributed by atoms with E-state index in [4.69, 9.17) is 4.74 Å². The zero-order valence-corrected chi connectivity index (χ0v) is 67.1. The molecule has 2 unspecified atom stereocenters. The lowest BCUT2D eigenvalue weighted by Crippen LogP contribution is -2.45. The fourth-order valence-electron chi connectivity index (χ4n) is 14.8. The summed E-state index contributed by atoms with van der Waals surface area (Å²) in [6, 6.07) is -0.540. The molecule has 0 bridgehead atoms. The van der Waals surface area contributed by atoms with Gasteiger partial charge in [-0.25, -0.2) is 0 Å². The minimum absolute atomic E-state index is 0.0224. The topological polar surface area (TPSA) is 95.9 Å². The van der Waals surface area contributed by atoms with Gasteiger partial charge < -0.3 is 20.3 Å². The van der Waals surface area contributed by atoms with Crippen molar-refractivity contribution in [3.63, 3.8) is 0 Å². The van der Waals surface area contributed by atoms with Gasteiger partial charge in [0, 0.05) is 12.8 Å². The van der Waals surface area contributed by atoms with Gasteiger partial charge in [0.25, 0.3) is 0 Å². The Hall–Kier alpha value is -1.66. The van der Waals surface area contributed by atoms with Crippen molar-refractivity contribution in [3.8, 4) is 0 Å². The Balaban J connectivity index is 3.33. The number of hydrogen-bond acceptors (Lipinski definition) is 5. The summed E-state index contributed by atoms with van der Waals surface area (Å²) >= 11 is 0. The van der Waals surface area contributed by atoms with Gasteiger partial charge in [0.1, 0.15) is 0 Å². The molecule has 3 N–H and O–H groups in total. The molecule has 98 heavy (non-hydrogen) atoms. The Morgan fingerprint density at radius 1 is 0.276 bits per heavy atom. The minimum atomic E-state index is -0.663. The molecule has 1 amide bonds. The van der Waals surface area contributed by atoms with Crippen LogP contribution < -0.4 is 5.32 Å². The SMILES string of the molecule is CCCCCCCC/C=C\CCCCCCCCCCCC(=O)OCCCCCCCCCCCCCCCCCC/C=C\CCCCCCCCCCCCCCCCCCCC(=O)NC(CO)C(O)CCCCCCCCCCCCCCCCCCCCCCCCCCC. The molecule has 0 aliphatic carbocycles. The third kappa shape index (κ3) is 83.3. The quantitative estimate of drug-likeness (QED) is 0.0320. The lowest BCUT2D eigenvalue weighted by molar-refractivity contribution is -0.143. The fourth-order valence-corrected chi connectivity index (χ4v) is 14.8. The van der Waals surface area contributed by atoms with Gasteiger partial charge in [0.2, 0.25) is 5.91 Å².